The number of benzene rings is 1. The number of rotatable bonds is 7. The highest BCUT2D eigenvalue weighted by molar-refractivity contribution is 9.10. The van der Waals surface area contributed by atoms with Gasteiger partial charge in [0.05, 0.1) is 0 Å². The van der Waals surface area contributed by atoms with E-state index >= 15 is 0 Å². The summed E-state index contributed by atoms with van der Waals surface area (Å²) in [6, 6.07) is 5.94. The SMILES string of the molecule is C#CCOc1ccc(Br)cc1CNCCN(C)C. The maximum Gasteiger partial charge on any atom is 0.148 e. The standard InChI is InChI=1S/C14H19BrN2O/c1-4-9-18-14-6-5-13(15)10-12(14)11-16-7-8-17(2)3/h1,5-6,10,16H,7-9,11H2,2-3H3. The molecule has 1 N–H and O–H groups in total. The molecule has 0 saturated carbocycles. The summed E-state index contributed by atoms with van der Waals surface area (Å²) in [5, 5.41) is 3.38. The third-order valence-corrected chi connectivity index (χ3v) is 2.88. The Morgan fingerprint density at radius 1 is 1.44 bits per heavy atom. The number of terminal acetylenes is 1. The number of nitrogens with one attached hydrogen (secondary N) is 1. The van der Waals surface area contributed by atoms with Crippen molar-refractivity contribution in [1.82, 2.24) is 10.2 Å². The molecular formula is C14H19BrN2O. The molecule has 98 valence electrons. The Labute approximate surface area is 118 Å². The highest BCUT2D eigenvalue weighted by Gasteiger charge is 2.04. The lowest BCUT2D eigenvalue weighted by atomic mass is 10.2. The first kappa shape index (κ1) is 15.0. The van der Waals surface area contributed by atoms with E-state index in [0.717, 1.165) is 35.4 Å². The number of halogens is 1. The van der Waals surface area contributed by atoms with Crippen LogP contribution >= 0.6 is 15.9 Å². The van der Waals surface area contributed by atoms with Gasteiger partial charge in [0.1, 0.15) is 12.4 Å². The first-order valence-corrected chi connectivity index (χ1v) is 6.63. The molecule has 18 heavy (non-hydrogen) atoms. The third-order valence-electron chi connectivity index (χ3n) is 2.38. The molecule has 1 aromatic rings. The number of hydrogen-bond acceptors (Lipinski definition) is 3. The highest BCUT2D eigenvalue weighted by Crippen LogP contribution is 2.23. The lowest BCUT2D eigenvalue weighted by Gasteiger charge is -2.13. The van der Waals surface area contributed by atoms with Gasteiger partial charge in [-0.1, -0.05) is 21.9 Å². The average Bonchev–Trinajstić information content (AvgIpc) is 2.33. The minimum Gasteiger partial charge on any atom is -0.481 e. The van der Waals surface area contributed by atoms with Crippen molar-refractivity contribution in [3.63, 3.8) is 0 Å². The van der Waals surface area contributed by atoms with Crippen LogP contribution in [0.15, 0.2) is 22.7 Å². The fraction of sp³-hybridized carbons (Fsp3) is 0.429. The van der Waals surface area contributed by atoms with E-state index in [0.29, 0.717) is 6.61 Å². The molecule has 0 aliphatic heterocycles. The van der Waals surface area contributed by atoms with E-state index in [9.17, 15) is 0 Å². The molecular weight excluding hydrogens is 292 g/mol. The van der Waals surface area contributed by atoms with E-state index in [1.54, 1.807) is 0 Å². The molecule has 0 bridgehead atoms. The predicted octanol–water partition coefficient (Wildman–Crippen LogP) is 2.11. The number of hydrogen-bond donors (Lipinski definition) is 1. The molecule has 1 aromatic carbocycles. The molecule has 3 nitrogen and oxygen atoms in total. The fourth-order valence-electron chi connectivity index (χ4n) is 1.47. The van der Waals surface area contributed by atoms with Gasteiger partial charge in [0.25, 0.3) is 0 Å². The number of ether oxygens (including phenoxy) is 1. The van der Waals surface area contributed by atoms with Crippen LogP contribution in [0.5, 0.6) is 5.75 Å². The van der Waals surface area contributed by atoms with Crippen molar-refractivity contribution >= 4 is 15.9 Å². The van der Waals surface area contributed by atoms with Gasteiger partial charge in [-0.3, -0.25) is 0 Å². The quantitative estimate of drug-likeness (QED) is 0.617. The van der Waals surface area contributed by atoms with Gasteiger partial charge in [-0.2, -0.15) is 0 Å². The first-order chi connectivity index (χ1) is 8.63. The summed E-state index contributed by atoms with van der Waals surface area (Å²) in [6.45, 7) is 3.02. The van der Waals surface area contributed by atoms with Gasteiger partial charge in [0.2, 0.25) is 0 Å². The topological polar surface area (TPSA) is 24.5 Å². The summed E-state index contributed by atoms with van der Waals surface area (Å²) in [5.41, 5.74) is 1.11. The van der Waals surface area contributed by atoms with Gasteiger partial charge in [-0.15, -0.1) is 6.42 Å². The van der Waals surface area contributed by atoms with Gasteiger partial charge in [0, 0.05) is 29.7 Å². The van der Waals surface area contributed by atoms with E-state index in [-0.39, 0.29) is 0 Å². The Morgan fingerprint density at radius 3 is 2.89 bits per heavy atom. The van der Waals surface area contributed by atoms with Crippen molar-refractivity contribution in [3.8, 4) is 18.1 Å². The summed E-state index contributed by atoms with van der Waals surface area (Å²) in [5.74, 6) is 3.32. The predicted molar refractivity (Wildman–Crippen MR) is 78.7 cm³/mol. The summed E-state index contributed by atoms with van der Waals surface area (Å²) in [4.78, 5) is 2.14. The monoisotopic (exact) mass is 310 g/mol. The molecule has 0 aliphatic rings. The van der Waals surface area contributed by atoms with Crippen LogP contribution in [0.4, 0.5) is 0 Å². The number of nitrogens with zero attached hydrogens (tertiary/aromatic N) is 1. The molecule has 0 aromatic heterocycles. The Balaban J connectivity index is 2.56. The molecule has 0 unspecified atom stereocenters. The van der Waals surface area contributed by atoms with Gasteiger partial charge in [0.15, 0.2) is 0 Å². The van der Waals surface area contributed by atoms with Gasteiger partial charge in [-0.25, -0.2) is 0 Å². The second kappa shape index (κ2) is 8.15. The normalized spacial score (nSPS) is 10.4. The van der Waals surface area contributed by atoms with E-state index < -0.39 is 0 Å². The number of likely N-dealkylation sites (N-methyl/N-ethyl adjacent to an activating group) is 1. The Kier molecular flexibility index (Phi) is 6.81. The van der Waals surface area contributed by atoms with Crippen LogP contribution in [0.25, 0.3) is 0 Å². The van der Waals surface area contributed by atoms with Crippen LogP contribution in [0.1, 0.15) is 5.56 Å². The first-order valence-electron chi connectivity index (χ1n) is 5.83. The van der Waals surface area contributed by atoms with Crippen LogP contribution in [-0.4, -0.2) is 38.7 Å². The van der Waals surface area contributed by atoms with Gasteiger partial charge >= 0.3 is 0 Å². The molecule has 0 radical (unpaired) electrons. The lowest BCUT2D eigenvalue weighted by Crippen LogP contribution is -2.26. The minimum absolute atomic E-state index is 0.298. The third kappa shape index (κ3) is 5.54. The van der Waals surface area contributed by atoms with Gasteiger partial charge in [-0.05, 0) is 32.3 Å². The Bertz CT molecular complexity index is 413. The highest BCUT2D eigenvalue weighted by atomic mass is 79.9. The van der Waals surface area contributed by atoms with Gasteiger partial charge < -0.3 is 15.0 Å². The lowest BCUT2D eigenvalue weighted by molar-refractivity contribution is 0.362. The summed E-state index contributed by atoms with van der Waals surface area (Å²) < 4.78 is 6.55. The van der Waals surface area contributed by atoms with E-state index in [4.69, 9.17) is 11.2 Å². The van der Waals surface area contributed by atoms with Crippen molar-refractivity contribution in [1.29, 1.82) is 0 Å². The molecule has 1 rings (SSSR count). The molecule has 0 aliphatic carbocycles. The van der Waals surface area contributed by atoms with Crippen LogP contribution in [0.2, 0.25) is 0 Å². The molecule has 4 heteroatoms. The molecule has 0 saturated heterocycles. The van der Waals surface area contributed by atoms with Crippen molar-refractivity contribution in [2.75, 3.05) is 33.8 Å². The largest absolute Gasteiger partial charge is 0.481 e. The fourth-order valence-corrected chi connectivity index (χ4v) is 1.88. The van der Waals surface area contributed by atoms with Crippen molar-refractivity contribution < 1.29 is 4.74 Å². The molecule has 0 heterocycles. The van der Waals surface area contributed by atoms with Crippen LogP contribution in [0, 0.1) is 12.3 Å². The van der Waals surface area contributed by atoms with Crippen molar-refractivity contribution in [2.45, 2.75) is 6.54 Å². The van der Waals surface area contributed by atoms with Crippen LogP contribution in [-0.2, 0) is 6.54 Å². The van der Waals surface area contributed by atoms with E-state index in [2.05, 4.69) is 52.2 Å². The zero-order valence-corrected chi connectivity index (χ0v) is 12.5. The zero-order chi connectivity index (χ0) is 13.4. The maximum atomic E-state index is 5.51. The zero-order valence-electron chi connectivity index (χ0n) is 10.9. The molecule has 0 spiro atoms. The second-order valence-electron chi connectivity index (χ2n) is 4.22. The molecule has 0 amide bonds. The van der Waals surface area contributed by atoms with E-state index in [1.807, 2.05) is 12.1 Å². The second-order valence-corrected chi connectivity index (χ2v) is 5.14. The van der Waals surface area contributed by atoms with E-state index in [1.165, 1.54) is 0 Å². The summed E-state index contributed by atoms with van der Waals surface area (Å²) in [7, 11) is 4.12. The minimum atomic E-state index is 0.298. The van der Waals surface area contributed by atoms with Crippen LogP contribution in [0.3, 0.4) is 0 Å². The maximum absolute atomic E-state index is 5.51. The molecule has 0 fully saturated rings. The van der Waals surface area contributed by atoms with Crippen molar-refractivity contribution in [2.24, 2.45) is 0 Å². The summed E-state index contributed by atoms with van der Waals surface area (Å²) >= 11 is 3.46. The Hall–Kier alpha value is -1.02. The average molecular weight is 311 g/mol. The molecule has 0 atom stereocenters. The summed E-state index contributed by atoms with van der Waals surface area (Å²) in [6.07, 6.45) is 5.21. The van der Waals surface area contributed by atoms with Crippen LogP contribution < -0.4 is 10.1 Å². The van der Waals surface area contributed by atoms with Crippen molar-refractivity contribution in [3.05, 3.63) is 28.2 Å². The smallest absolute Gasteiger partial charge is 0.148 e. The Morgan fingerprint density at radius 2 is 2.22 bits per heavy atom.